The predicted octanol–water partition coefficient (Wildman–Crippen LogP) is 3.57. The van der Waals surface area contributed by atoms with Crippen molar-refractivity contribution in [3.8, 4) is 0 Å². The first-order chi connectivity index (χ1) is 10.1. The van der Waals surface area contributed by atoms with E-state index in [1.807, 2.05) is 12.1 Å². The van der Waals surface area contributed by atoms with Crippen LogP contribution in [0.4, 0.5) is 0 Å². The molecule has 0 saturated carbocycles. The number of rotatable bonds is 3. The van der Waals surface area contributed by atoms with Gasteiger partial charge in [-0.1, -0.05) is 48.5 Å². The maximum Gasteiger partial charge on any atom is 0.226 e. The lowest BCUT2D eigenvalue weighted by atomic mass is 9.84. The largest absolute Gasteiger partial charge is 0.301 e. The highest BCUT2D eigenvalue weighted by molar-refractivity contribution is 6.63. The molecule has 1 aliphatic heterocycles. The number of hydrogen-bond acceptors (Lipinski definition) is 2. The van der Waals surface area contributed by atoms with E-state index >= 15 is 0 Å². The van der Waals surface area contributed by atoms with E-state index in [0.717, 1.165) is 18.7 Å². The minimum atomic E-state index is -0.312. The van der Waals surface area contributed by atoms with Gasteiger partial charge in [-0.15, -0.1) is 0 Å². The van der Waals surface area contributed by atoms with Crippen LogP contribution in [0, 0.1) is 0 Å². The number of fused-ring (bicyclic) bond motifs is 1. The monoisotopic (exact) mass is 299 g/mol. The van der Waals surface area contributed by atoms with Crippen molar-refractivity contribution in [1.29, 1.82) is 0 Å². The Morgan fingerprint density at radius 1 is 1.24 bits per heavy atom. The summed E-state index contributed by atoms with van der Waals surface area (Å²) in [5.41, 5.74) is 5.02. The van der Waals surface area contributed by atoms with Gasteiger partial charge in [0.05, 0.1) is 0 Å². The third kappa shape index (κ3) is 3.17. The zero-order valence-electron chi connectivity index (χ0n) is 12.1. The molecule has 21 heavy (non-hydrogen) atoms. The lowest BCUT2D eigenvalue weighted by molar-refractivity contribution is -0.111. The number of hydrogen-bond donors (Lipinski definition) is 0. The van der Waals surface area contributed by atoms with Crippen molar-refractivity contribution in [3.63, 3.8) is 0 Å². The van der Waals surface area contributed by atoms with Gasteiger partial charge in [0.15, 0.2) is 0 Å². The van der Waals surface area contributed by atoms with Crippen LogP contribution in [0.3, 0.4) is 0 Å². The fourth-order valence-corrected chi connectivity index (χ4v) is 3.30. The fourth-order valence-electron chi connectivity index (χ4n) is 3.15. The molecule has 3 rings (SSSR count). The zero-order chi connectivity index (χ0) is 14.8. The first-order valence-electron chi connectivity index (χ1n) is 7.17. The number of nitrogens with zero attached hydrogens (tertiary/aromatic N) is 1. The Balaban J connectivity index is 1.98. The molecule has 0 N–H and O–H groups in total. The second-order valence-corrected chi connectivity index (χ2v) is 6.15. The maximum atomic E-state index is 11.1. The average Bonchev–Trinajstić information content (AvgIpc) is 2.46. The van der Waals surface area contributed by atoms with Crippen molar-refractivity contribution in [2.45, 2.75) is 18.9 Å². The molecule has 1 atom stereocenters. The highest BCUT2D eigenvalue weighted by Gasteiger charge is 2.24. The second-order valence-electron chi connectivity index (χ2n) is 5.73. The summed E-state index contributed by atoms with van der Waals surface area (Å²) in [6.07, 6.45) is 0.291. The third-order valence-electron chi connectivity index (χ3n) is 4.06. The summed E-state index contributed by atoms with van der Waals surface area (Å²) in [6.45, 7) is 1.99. The number of halogens is 1. The summed E-state index contributed by atoms with van der Waals surface area (Å²) in [6, 6.07) is 16.8. The van der Waals surface area contributed by atoms with Gasteiger partial charge in [-0.3, -0.25) is 4.79 Å². The molecule has 0 amide bonds. The Kier molecular flexibility index (Phi) is 4.09. The van der Waals surface area contributed by atoms with E-state index in [0.29, 0.717) is 12.3 Å². The van der Waals surface area contributed by atoms with Gasteiger partial charge in [0.25, 0.3) is 0 Å². The average molecular weight is 300 g/mol. The number of benzene rings is 2. The molecular formula is C18H18ClNO. The summed E-state index contributed by atoms with van der Waals surface area (Å²) in [4.78, 5) is 13.4. The number of likely N-dealkylation sites (N-methyl/N-ethyl adjacent to an activating group) is 1. The summed E-state index contributed by atoms with van der Waals surface area (Å²) in [5.74, 6) is 0.352. The van der Waals surface area contributed by atoms with Gasteiger partial charge < -0.3 is 4.90 Å². The van der Waals surface area contributed by atoms with Gasteiger partial charge in [-0.05, 0) is 40.9 Å². The highest BCUT2D eigenvalue weighted by Crippen LogP contribution is 2.33. The molecule has 0 saturated heterocycles. The van der Waals surface area contributed by atoms with Crippen LogP contribution in [0.1, 0.15) is 28.2 Å². The van der Waals surface area contributed by atoms with Crippen LogP contribution in [0.5, 0.6) is 0 Å². The molecule has 0 bridgehead atoms. The van der Waals surface area contributed by atoms with E-state index < -0.39 is 0 Å². The molecule has 0 spiro atoms. The van der Waals surface area contributed by atoms with E-state index in [-0.39, 0.29) is 5.24 Å². The Morgan fingerprint density at radius 3 is 2.86 bits per heavy atom. The summed E-state index contributed by atoms with van der Waals surface area (Å²) < 4.78 is 0. The topological polar surface area (TPSA) is 20.3 Å². The lowest BCUT2D eigenvalue weighted by Gasteiger charge is -2.32. The van der Waals surface area contributed by atoms with Gasteiger partial charge in [0.2, 0.25) is 5.24 Å². The van der Waals surface area contributed by atoms with Crippen LogP contribution in [-0.2, 0) is 17.8 Å². The molecule has 0 radical (unpaired) electrons. The Hall–Kier alpha value is -1.64. The number of carbonyl (C=O) groups excluding carboxylic acids is 1. The first-order valence-corrected chi connectivity index (χ1v) is 7.55. The molecule has 0 aliphatic carbocycles. The van der Waals surface area contributed by atoms with Crippen LogP contribution in [-0.4, -0.2) is 23.7 Å². The van der Waals surface area contributed by atoms with E-state index in [2.05, 4.69) is 48.3 Å². The fraction of sp³-hybridized carbons (Fsp3) is 0.278. The van der Waals surface area contributed by atoms with Gasteiger partial charge in [0.1, 0.15) is 0 Å². The van der Waals surface area contributed by atoms with Gasteiger partial charge >= 0.3 is 0 Å². The van der Waals surface area contributed by atoms with Crippen molar-refractivity contribution in [1.82, 2.24) is 4.90 Å². The first kappa shape index (κ1) is 14.3. The predicted molar refractivity (Wildman–Crippen MR) is 85.6 cm³/mol. The molecule has 1 heterocycles. The molecule has 108 valence electrons. The quantitative estimate of drug-likeness (QED) is 0.808. The lowest BCUT2D eigenvalue weighted by Crippen LogP contribution is -2.30. The molecule has 0 unspecified atom stereocenters. The molecule has 3 heteroatoms. The molecular weight excluding hydrogens is 282 g/mol. The third-order valence-corrected chi connectivity index (χ3v) is 4.20. The van der Waals surface area contributed by atoms with Gasteiger partial charge in [0, 0.05) is 25.4 Å². The van der Waals surface area contributed by atoms with Crippen LogP contribution in [0.15, 0.2) is 48.5 Å². The maximum absolute atomic E-state index is 11.1. The second kappa shape index (κ2) is 6.00. The smallest absolute Gasteiger partial charge is 0.226 e. The zero-order valence-corrected chi connectivity index (χ0v) is 12.8. The molecule has 0 fully saturated rings. The Morgan fingerprint density at radius 2 is 2.05 bits per heavy atom. The van der Waals surface area contributed by atoms with E-state index in [1.54, 1.807) is 0 Å². The van der Waals surface area contributed by atoms with Crippen LogP contribution >= 0.6 is 11.6 Å². The van der Waals surface area contributed by atoms with Crippen molar-refractivity contribution < 1.29 is 4.79 Å². The number of carbonyl (C=O) groups is 1. The van der Waals surface area contributed by atoms with Crippen LogP contribution < -0.4 is 0 Å². The standard InChI is InChI=1S/C18H18ClNO/c1-20-11-15-6-2-3-8-16(15)17(12-20)14-7-4-5-13(9-14)10-18(19)21/h2-9,17H,10-12H2,1H3/t17-/m1/s1. The summed E-state index contributed by atoms with van der Waals surface area (Å²) >= 11 is 5.51. The Bertz CT molecular complexity index is 668. The van der Waals surface area contributed by atoms with Gasteiger partial charge in [-0.2, -0.15) is 0 Å². The van der Waals surface area contributed by atoms with E-state index in [1.165, 1.54) is 16.7 Å². The Labute approximate surface area is 130 Å². The summed E-state index contributed by atoms with van der Waals surface area (Å²) in [5, 5.41) is -0.312. The highest BCUT2D eigenvalue weighted by atomic mass is 35.5. The molecule has 0 aromatic heterocycles. The molecule has 2 aromatic rings. The SMILES string of the molecule is CN1Cc2ccccc2[C@@H](c2cccc(CC(=O)Cl)c2)C1. The van der Waals surface area contributed by atoms with Crippen LogP contribution in [0.2, 0.25) is 0 Å². The molecule has 2 nitrogen and oxygen atoms in total. The van der Waals surface area contributed by atoms with Gasteiger partial charge in [-0.25, -0.2) is 0 Å². The minimum absolute atomic E-state index is 0.291. The van der Waals surface area contributed by atoms with Crippen LogP contribution in [0.25, 0.3) is 0 Å². The van der Waals surface area contributed by atoms with Crippen molar-refractivity contribution in [3.05, 3.63) is 70.8 Å². The molecule has 1 aliphatic rings. The normalized spacial score (nSPS) is 18.3. The van der Waals surface area contributed by atoms with Crippen molar-refractivity contribution in [2.24, 2.45) is 0 Å². The van der Waals surface area contributed by atoms with Crippen molar-refractivity contribution in [2.75, 3.05) is 13.6 Å². The molecule has 2 aromatic carbocycles. The minimum Gasteiger partial charge on any atom is -0.301 e. The van der Waals surface area contributed by atoms with Crippen molar-refractivity contribution >= 4 is 16.8 Å². The van der Waals surface area contributed by atoms with E-state index in [4.69, 9.17) is 11.6 Å². The van der Waals surface area contributed by atoms with E-state index in [9.17, 15) is 4.79 Å². The summed E-state index contributed by atoms with van der Waals surface area (Å²) in [7, 11) is 2.15.